The summed E-state index contributed by atoms with van der Waals surface area (Å²) in [6, 6.07) is 0. The maximum atomic E-state index is 10.5. The molecule has 4 aliphatic rings. The Labute approximate surface area is 86.5 Å². The molecule has 4 rings (SSSR count). The number of rotatable bonds is 0. The quantitative estimate of drug-likeness (QED) is 0.585. The van der Waals surface area contributed by atoms with Crippen molar-refractivity contribution >= 4 is 0 Å². The van der Waals surface area contributed by atoms with Gasteiger partial charge in [-0.3, -0.25) is 4.48 Å². The van der Waals surface area contributed by atoms with Crippen LogP contribution in [0, 0.1) is 10.8 Å². The van der Waals surface area contributed by atoms with Crippen molar-refractivity contribution in [3.63, 3.8) is 0 Å². The molecule has 80 valence electrons. The average Bonchev–Trinajstić information content (AvgIpc) is 2.16. The minimum Gasteiger partial charge on any atom is -0.344 e. The molecule has 0 aromatic carbocycles. The molecule has 2 nitrogen and oxygen atoms in total. The van der Waals surface area contributed by atoms with Gasteiger partial charge in [-0.2, -0.15) is 0 Å². The lowest BCUT2D eigenvalue weighted by atomic mass is 9.61. The number of hydrogen-bond donors (Lipinski definition) is 1. The predicted octanol–water partition coefficient (Wildman–Crippen LogP) is 1.73. The molecule has 4 fully saturated rings. The van der Waals surface area contributed by atoms with Crippen molar-refractivity contribution in [3.05, 3.63) is 0 Å². The van der Waals surface area contributed by atoms with E-state index in [9.17, 15) is 5.11 Å². The summed E-state index contributed by atoms with van der Waals surface area (Å²) in [7, 11) is 2.26. The first kappa shape index (κ1) is 9.17. The molecule has 4 bridgehead atoms. The molecule has 1 saturated carbocycles. The Morgan fingerprint density at radius 1 is 1.14 bits per heavy atom. The van der Waals surface area contributed by atoms with Crippen molar-refractivity contribution in [1.82, 2.24) is 0 Å². The molecule has 0 spiro atoms. The minimum absolute atomic E-state index is 0.122. The summed E-state index contributed by atoms with van der Waals surface area (Å²) in [6.45, 7) is 8.26. The Bertz CT molecular complexity index is 313. The zero-order valence-electron chi connectivity index (χ0n) is 9.80. The number of aliphatic hydroxyl groups is 1. The van der Waals surface area contributed by atoms with Crippen molar-refractivity contribution < 1.29 is 9.59 Å². The number of nitrogens with zero attached hydrogens (tertiary/aromatic N) is 1. The van der Waals surface area contributed by atoms with Crippen LogP contribution in [0.5, 0.6) is 0 Å². The predicted molar refractivity (Wildman–Crippen MR) is 55.5 cm³/mol. The van der Waals surface area contributed by atoms with Crippen molar-refractivity contribution in [2.45, 2.75) is 51.8 Å². The summed E-state index contributed by atoms with van der Waals surface area (Å²) in [5.41, 5.74) is 1.03. The highest BCUT2D eigenvalue weighted by Gasteiger charge is 2.76. The fourth-order valence-corrected chi connectivity index (χ4v) is 5.66. The van der Waals surface area contributed by atoms with Crippen LogP contribution in [0.15, 0.2) is 0 Å². The average molecular weight is 196 g/mol. The van der Waals surface area contributed by atoms with Gasteiger partial charge in [-0.1, -0.05) is 13.8 Å². The van der Waals surface area contributed by atoms with Gasteiger partial charge in [0.1, 0.15) is 0 Å². The standard InChI is InChI=1S/C12H22NO/c1-10-5-11(2)7-12(3,6-10)13(4,8-10)9(11)14/h9,14H,5-8H2,1-4H3/q+1. The monoisotopic (exact) mass is 196 g/mol. The molecule has 0 aromatic heterocycles. The topological polar surface area (TPSA) is 20.2 Å². The Morgan fingerprint density at radius 2 is 1.79 bits per heavy atom. The number of aliphatic hydroxyl groups excluding tert-OH is 1. The zero-order chi connectivity index (χ0) is 10.4. The van der Waals surface area contributed by atoms with Crippen LogP contribution in [-0.2, 0) is 0 Å². The largest absolute Gasteiger partial charge is 0.344 e. The highest BCUT2D eigenvalue weighted by molar-refractivity contribution is 5.11. The summed E-state index contributed by atoms with van der Waals surface area (Å²) >= 11 is 0. The SMILES string of the molecule is CC12CC3(C)CC(C)(C1)[N+](C)(C2)C3O. The van der Waals surface area contributed by atoms with Crippen LogP contribution in [0.25, 0.3) is 0 Å². The number of piperidine rings is 1. The second kappa shape index (κ2) is 1.92. The van der Waals surface area contributed by atoms with E-state index in [-0.39, 0.29) is 11.6 Å². The van der Waals surface area contributed by atoms with Crippen LogP contribution in [0.3, 0.4) is 0 Å². The summed E-state index contributed by atoms with van der Waals surface area (Å²) in [6.07, 6.45) is 3.63. The molecular formula is C12H22NO+. The molecule has 3 heterocycles. The smallest absolute Gasteiger partial charge is 0.196 e. The van der Waals surface area contributed by atoms with Gasteiger partial charge in [0.2, 0.25) is 0 Å². The molecule has 1 aliphatic carbocycles. The minimum atomic E-state index is -0.122. The van der Waals surface area contributed by atoms with Crippen LogP contribution in [0.4, 0.5) is 0 Å². The Hall–Kier alpha value is -0.0800. The third kappa shape index (κ3) is 0.704. The van der Waals surface area contributed by atoms with Gasteiger partial charge in [-0.15, -0.1) is 0 Å². The van der Waals surface area contributed by atoms with Crippen LogP contribution in [0.1, 0.15) is 40.0 Å². The van der Waals surface area contributed by atoms with Gasteiger partial charge >= 0.3 is 0 Å². The van der Waals surface area contributed by atoms with Crippen LogP contribution < -0.4 is 0 Å². The Balaban J connectivity index is 2.18. The second-order valence-corrected chi connectivity index (χ2v) is 7.29. The molecule has 0 radical (unpaired) electrons. The van der Waals surface area contributed by atoms with E-state index in [1.807, 2.05) is 0 Å². The third-order valence-electron chi connectivity index (χ3n) is 5.53. The first-order valence-electron chi connectivity index (χ1n) is 5.77. The summed E-state index contributed by atoms with van der Waals surface area (Å²) in [4.78, 5) is 0. The van der Waals surface area contributed by atoms with E-state index in [0.29, 0.717) is 11.0 Å². The maximum Gasteiger partial charge on any atom is 0.196 e. The number of quaternary nitrogens is 1. The molecule has 14 heavy (non-hydrogen) atoms. The number of hydrogen-bond acceptors (Lipinski definition) is 1. The van der Waals surface area contributed by atoms with Crippen molar-refractivity contribution in [1.29, 1.82) is 0 Å². The Kier molecular flexibility index (Phi) is 1.26. The maximum absolute atomic E-state index is 10.5. The molecule has 5 atom stereocenters. The van der Waals surface area contributed by atoms with Gasteiger partial charge in [0.05, 0.1) is 24.5 Å². The molecular weight excluding hydrogens is 174 g/mol. The van der Waals surface area contributed by atoms with Crippen molar-refractivity contribution in [2.24, 2.45) is 10.8 Å². The van der Waals surface area contributed by atoms with Crippen LogP contribution in [-0.4, -0.2) is 34.9 Å². The fraction of sp³-hybridized carbons (Fsp3) is 1.00. The van der Waals surface area contributed by atoms with E-state index in [2.05, 4.69) is 27.8 Å². The third-order valence-corrected chi connectivity index (χ3v) is 5.53. The van der Waals surface area contributed by atoms with Gasteiger partial charge in [0.25, 0.3) is 0 Å². The lowest BCUT2D eigenvalue weighted by molar-refractivity contribution is -0.980. The Morgan fingerprint density at radius 3 is 2.29 bits per heavy atom. The van der Waals surface area contributed by atoms with Gasteiger partial charge < -0.3 is 5.11 Å². The van der Waals surface area contributed by atoms with Gasteiger partial charge in [0.15, 0.2) is 6.23 Å². The van der Waals surface area contributed by atoms with E-state index in [1.165, 1.54) is 25.8 Å². The lowest BCUT2D eigenvalue weighted by Gasteiger charge is -2.46. The van der Waals surface area contributed by atoms with Crippen LogP contribution in [0.2, 0.25) is 0 Å². The van der Waals surface area contributed by atoms with Gasteiger partial charge in [-0.25, -0.2) is 0 Å². The molecule has 1 N–H and O–H groups in total. The molecule has 0 amide bonds. The highest BCUT2D eigenvalue weighted by atomic mass is 16.3. The van der Waals surface area contributed by atoms with E-state index >= 15 is 0 Å². The van der Waals surface area contributed by atoms with E-state index in [0.717, 1.165) is 4.48 Å². The van der Waals surface area contributed by atoms with E-state index < -0.39 is 0 Å². The zero-order valence-corrected chi connectivity index (χ0v) is 9.80. The second-order valence-electron chi connectivity index (χ2n) is 7.29. The first-order chi connectivity index (χ1) is 6.23. The lowest BCUT2D eigenvalue weighted by Crippen LogP contribution is -2.60. The van der Waals surface area contributed by atoms with E-state index in [4.69, 9.17) is 0 Å². The molecule has 2 heteroatoms. The summed E-state index contributed by atoms with van der Waals surface area (Å²) in [5, 5.41) is 10.5. The molecule has 3 saturated heterocycles. The molecule has 3 aliphatic heterocycles. The molecule has 0 aromatic rings. The van der Waals surface area contributed by atoms with Crippen molar-refractivity contribution in [2.75, 3.05) is 13.6 Å². The van der Waals surface area contributed by atoms with Gasteiger partial charge in [0, 0.05) is 18.3 Å². The fourth-order valence-electron chi connectivity index (χ4n) is 5.66. The van der Waals surface area contributed by atoms with E-state index in [1.54, 1.807) is 0 Å². The molecule has 5 unspecified atom stereocenters. The van der Waals surface area contributed by atoms with Crippen LogP contribution >= 0.6 is 0 Å². The van der Waals surface area contributed by atoms with Gasteiger partial charge in [-0.05, 0) is 13.3 Å². The normalized spacial score (nSPS) is 70.5. The summed E-state index contributed by atoms with van der Waals surface area (Å²) in [5.74, 6) is 0. The first-order valence-corrected chi connectivity index (χ1v) is 5.77. The van der Waals surface area contributed by atoms with Crippen molar-refractivity contribution in [3.8, 4) is 0 Å². The highest BCUT2D eigenvalue weighted by Crippen LogP contribution is 2.69. The summed E-state index contributed by atoms with van der Waals surface area (Å²) < 4.78 is 0.917.